The summed E-state index contributed by atoms with van der Waals surface area (Å²) in [5.41, 5.74) is 3.49. The average Bonchev–Trinajstić information content (AvgIpc) is 2.73. The van der Waals surface area contributed by atoms with Crippen LogP contribution >= 0.6 is 12.4 Å². The van der Waals surface area contributed by atoms with Gasteiger partial charge < -0.3 is 15.4 Å². The summed E-state index contributed by atoms with van der Waals surface area (Å²) in [5.74, 6) is 1.24. The number of aryl methyl sites for hydroxylation is 1. The first kappa shape index (κ1) is 19.7. The summed E-state index contributed by atoms with van der Waals surface area (Å²) in [6, 6.07) is 16.5. The van der Waals surface area contributed by atoms with Gasteiger partial charge in [0.2, 0.25) is 5.91 Å². The van der Waals surface area contributed by atoms with Crippen LogP contribution in [0.5, 0.6) is 5.75 Å². The molecule has 4 nitrogen and oxygen atoms in total. The van der Waals surface area contributed by atoms with Crippen LogP contribution in [-0.4, -0.2) is 25.6 Å². The van der Waals surface area contributed by atoms with Gasteiger partial charge in [-0.15, -0.1) is 12.4 Å². The average molecular weight is 387 g/mol. The molecule has 0 spiro atoms. The molecule has 0 aromatic heterocycles. The Labute approximate surface area is 167 Å². The summed E-state index contributed by atoms with van der Waals surface area (Å²) in [6.45, 7) is 2.63. The first-order chi connectivity index (χ1) is 12.8. The summed E-state index contributed by atoms with van der Waals surface area (Å²) in [6.07, 6.45) is 3.90. The van der Waals surface area contributed by atoms with Crippen molar-refractivity contribution in [2.24, 2.45) is 5.92 Å². The minimum Gasteiger partial charge on any atom is -0.493 e. The fourth-order valence-electron chi connectivity index (χ4n) is 3.91. The predicted molar refractivity (Wildman–Crippen MR) is 110 cm³/mol. The van der Waals surface area contributed by atoms with Gasteiger partial charge in [0.05, 0.1) is 12.6 Å². The first-order valence-electron chi connectivity index (χ1n) is 9.63. The highest BCUT2D eigenvalue weighted by molar-refractivity contribution is 5.85. The van der Waals surface area contributed by atoms with Crippen molar-refractivity contribution < 1.29 is 9.53 Å². The van der Waals surface area contributed by atoms with E-state index in [0.717, 1.165) is 62.3 Å². The third-order valence-corrected chi connectivity index (χ3v) is 5.40. The molecular weight excluding hydrogens is 360 g/mol. The van der Waals surface area contributed by atoms with Gasteiger partial charge in [-0.05, 0) is 67.6 Å². The number of halogens is 1. The Kier molecular flexibility index (Phi) is 6.75. The number of carbonyl (C=O) groups excluding carboxylic acids is 1. The highest BCUT2D eigenvalue weighted by Crippen LogP contribution is 2.31. The molecule has 2 aliphatic rings. The van der Waals surface area contributed by atoms with Crippen molar-refractivity contribution in [2.45, 2.75) is 31.7 Å². The molecule has 2 N–H and O–H groups in total. The fourth-order valence-corrected chi connectivity index (χ4v) is 3.91. The highest BCUT2D eigenvalue weighted by Gasteiger charge is 2.25. The van der Waals surface area contributed by atoms with Crippen molar-refractivity contribution in [1.82, 2.24) is 10.6 Å². The van der Waals surface area contributed by atoms with Crippen LogP contribution in [0.2, 0.25) is 0 Å². The second-order valence-electron chi connectivity index (χ2n) is 7.20. The molecule has 4 rings (SSSR count). The number of hydrogen-bond donors (Lipinski definition) is 2. The van der Waals surface area contributed by atoms with Crippen molar-refractivity contribution in [1.29, 1.82) is 0 Å². The zero-order chi connectivity index (χ0) is 17.8. The molecule has 1 atom stereocenters. The van der Waals surface area contributed by atoms with Gasteiger partial charge in [-0.2, -0.15) is 0 Å². The minimum atomic E-state index is -0.120. The lowest BCUT2D eigenvalue weighted by atomic mass is 9.92. The number of carbonyl (C=O) groups is 1. The van der Waals surface area contributed by atoms with E-state index in [-0.39, 0.29) is 30.3 Å². The van der Waals surface area contributed by atoms with E-state index in [0.29, 0.717) is 0 Å². The van der Waals surface area contributed by atoms with Crippen LogP contribution in [0.3, 0.4) is 0 Å². The molecule has 2 heterocycles. The third kappa shape index (κ3) is 4.63. The van der Waals surface area contributed by atoms with Gasteiger partial charge in [-0.3, -0.25) is 4.79 Å². The van der Waals surface area contributed by atoms with Crippen molar-refractivity contribution in [3.05, 3.63) is 65.2 Å². The standard InChI is InChI=1S/C22H26N2O2.ClH/c25-22(17-10-12-23-13-11-17)24-21(16-5-2-1-3-6-16)19-8-9-20-18(15-19)7-4-14-26-20;/h1-3,5-6,8-9,15,17,21,23H,4,7,10-14H2,(H,24,25);1H. The maximum atomic E-state index is 12.9. The normalized spacial score (nSPS) is 17.8. The topological polar surface area (TPSA) is 50.4 Å². The number of amides is 1. The van der Waals surface area contributed by atoms with Crippen LogP contribution in [0.15, 0.2) is 48.5 Å². The van der Waals surface area contributed by atoms with Gasteiger partial charge in [0.25, 0.3) is 0 Å². The first-order valence-corrected chi connectivity index (χ1v) is 9.63. The van der Waals surface area contributed by atoms with Gasteiger partial charge >= 0.3 is 0 Å². The molecule has 1 saturated heterocycles. The van der Waals surface area contributed by atoms with Gasteiger partial charge in [0.1, 0.15) is 5.75 Å². The van der Waals surface area contributed by atoms with Gasteiger partial charge in [-0.1, -0.05) is 36.4 Å². The Morgan fingerprint density at radius 3 is 2.63 bits per heavy atom. The van der Waals surface area contributed by atoms with Crippen molar-refractivity contribution >= 4 is 18.3 Å². The second-order valence-corrected chi connectivity index (χ2v) is 7.20. The zero-order valence-electron chi connectivity index (χ0n) is 15.4. The van der Waals surface area contributed by atoms with E-state index in [4.69, 9.17) is 4.74 Å². The predicted octanol–water partition coefficient (Wildman–Crippen LogP) is 3.64. The second kappa shape index (κ2) is 9.25. The number of nitrogens with one attached hydrogen (secondary N) is 2. The highest BCUT2D eigenvalue weighted by atomic mass is 35.5. The Hall–Kier alpha value is -2.04. The lowest BCUT2D eigenvalue weighted by molar-refractivity contribution is -0.126. The molecule has 0 saturated carbocycles. The van der Waals surface area contributed by atoms with E-state index in [9.17, 15) is 4.79 Å². The van der Waals surface area contributed by atoms with E-state index in [2.05, 4.69) is 41.0 Å². The maximum absolute atomic E-state index is 12.9. The smallest absolute Gasteiger partial charge is 0.223 e. The van der Waals surface area contributed by atoms with Crippen molar-refractivity contribution in [3.8, 4) is 5.75 Å². The van der Waals surface area contributed by atoms with Gasteiger partial charge in [-0.25, -0.2) is 0 Å². The molecule has 144 valence electrons. The Balaban J connectivity index is 0.00000210. The number of ether oxygens (including phenoxy) is 1. The van der Waals surface area contributed by atoms with E-state index in [1.165, 1.54) is 5.56 Å². The maximum Gasteiger partial charge on any atom is 0.223 e. The lowest BCUT2D eigenvalue weighted by Gasteiger charge is -2.27. The number of benzene rings is 2. The Morgan fingerprint density at radius 1 is 1.07 bits per heavy atom. The third-order valence-electron chi connectivity index (χ3n) is 5.40. The fraction of sp³-hybridized carbons (Fsp3) is 0.409. The largest absolute Gasteiger partial charge is 0.493 e. The molecule has 27 heavy (non-hydrogen) atoms. The van der Waals surface area contributed by atoms with E-state index in [1.807, 2.05) is 18.2 Å². The van der Waals surface area contributed by atoms with Crippen molar-refractivity contribution in [3.63, 3.8) is 0 Å². The lowest BCUT2D eigenvalue weighted by Crippen LogP contribution is -2.40. The number of rotatable bonds is 4. The summed E-state index contributed by atoms with van der Waals surface area (Å²) < 4.78 is 5.75. The summed E-state index contributed by atoms with van der Waals surface area (Å²) in [7, 11) is 0. The molecule has 1 amide bonds. The molecule has 1 unspecified atom stereocenters. The van der Waals surface area contributed by atoms with E-state index >= 15 is 0 Å². The monoisotopic (exact) mass is 386 g/mol. The van der Waals surface area contributed by atoms with E-state index in [1.54, 1.807) is 0 Å². The number of hydrogen-bond acceptors (Lipinski definition) is 3. The molecule has 0 aliphatic carbocycles. The Morgan fingerprint density at radius 2 is 1.85 bits per heavy atom. The van der Waals surface area contributed by atoms with Gasteiger partial charge in [0, 0.05) is 5.92 Å². The molecule has 2 aliphatic heterocycles. The molecular formula is C22H27ClN2O2. The number of piperidine rings is 1. The van der Waals surface area contributed by atoms with Crippen molar-refractivity contribution in [2.75, 3.05) is 19.7 Å². The molecule has 0 radical (unpaired) electrons. The van der Waals surface area contributed by atoms with Crippen LogP contribution in [-0.2, 0) is 11.2 Å². The summed E-state index contributed by atoms with van der Waals surface area (Å²) in [5, 5.41) is 6.65. The zero-order valence-corrected chi connectivity index (χ0v) is 16.3. The number of fused-ring (bicyclic) bond motifs is 1. The quantitative estimate of drug-likeness (QED) is 0.843. The van der Waals surface area contributed by atoms with Crippen LogP contribution in [0.4, 0.5) is 0 Å². The summed E-state index contributed by atoms with van der Waals surface area (Å²) in [4.78, 5) is 12.9. The molecule has 2 aromatic rings. The minimum absolute atomic E-state index is 0. The van der Waals surface area contributed by atoms with Gasteiger partial charge in [0.15, 0.2) is 0 Å². The van der Waals surface area contributed by atoms with Crippen LogP contribution in [0.25, 0.3) is 0 Å². The molecule has 2 aromatic carbocycles. The van der Waals surface area contributed by atoms with Crippen LogP contribution in [0, 0.1) is 5.92 Å². The molecule has 5 heteroatoms. The SMILES string of the molecule is Cl.O=C(NC(c1ccccc1)c1ccc2c(c1)CCCO2)C1CCNCC1. The van der Waals surface area contributed by atoms with Crippen LogP contribution < -0.4 is 15.4 Å². The Bertz CT molecular complexity index is 760. The van der Waals surface area contributed by atoms with E-state index < -0.39 is 0 Å². The summed E-state index contributed by atoms with van der Waals surface area (Å²) >= 11 is 0. The van der Waals surface area contributed by atoms with Crippen LogP contribution in [0.1, 0.15) is 42.0 Å². The molecule has 1 fully saturated rings. The molecule has 0 bridgehead atoms.